The highest BCUT2D eigenvalue weighted by molar-refractivity contribution is 7.99. The molecule has 1 saturated carbocycles. The Kier molecular flexibility index (Phi) is 5.48. The van der Waals surface area contributed by atoms with Crippen LogP contribution < -0.4 is 10.6 Å². The average Bonchev–Trinajstić information content (AvgIpc) is 2.81. The van der Waals surface area contributed by atoms with Crippen LogP contribution in [-0.2, 0) is 0 Å². The maximum Gasteiger partial charge on any atom is 0.147 e. The number of thioether (sulfide) groups is 1. The van der Waals surface area contributed by atoms with Crippen LogP contribution in [0.5, 0.6) is 0 Å². The zero-order chi connectivity index (χ0) is 13.8. The first kappa shape index (κ1) is 15.1. The van der Waals surface area contributed by atoms with Crippen molar-refractivity contribution in [3.8, 4) is 0 Å². The van der Waals surface area contributed by atoms with Crippen LogP contribution in [-0.4, -0.2) is 29.1 Å². The van der Waals surface area contributed by atoms with E-state index in [0.29, 0.717) is 21.9 Å². The Morgan fingerprint density at radius 1 is 1.32 bits per heavy atom. The SMILES string of the molecule is CCSC1CCC(Nc2nc(NC)c(Cl)cc2Cl)C1. The molecule has 1 aliphatic carbocycles. The van der Waals surface area contributed by atoms with Crippen LogP contribution in [0, 0.1) is 0 Å². The van der Waals surface area contributed by atoms with E-state index >= 15 is 0 Å². The molecule has 0 aromatic carbocycles. The van der Waals surface area contributed by atoms with E-state index in [4.69, 9.17) is 23.2 Å². The molecule has 1 aromatic heterocycles. The maximum absolute atomic E-state index is 6.19. The van der Waals surface area contributed by atoms with Gasteiger partial charge in [0.15, 0.2) is 0 Å². The zero-order valence-electron chi connectivity index (χ0n) is 11.2. The molecule has 2 unspecified atom stereocenters. The summed E-state index contributed by atoms with van der Waals surface area (Å²) < 4.78 is 0. The van der Waals surface area contributed by atoms with E-state index in [1.54, 1.807) is 13.1 Å². The fourth-order valence-electron chi connectivity index (χ4n) is 2.39. The highest BCUT2D eigenvalue weighted by atomic mass is 35.5. The molecule has 19 heavy (non-hydrogen) atoms. The summed E-state index contributed by atoms with van der Waals surface area (Å²) in [4.78, 5) is 4.43. The molecule has 1 aromatic rings. The van der Waals surface area contributed by atoms with Crippen molar-refractivity contribution < 1.29 is 0 Å². The number of anilines is 2. The van der Waals surface area contributed by atoms with Crippen molar-refractivity contribution in [2.24, 2.45) is 0 Å². The topological polar surface area (TPSA) is 37.0 Å². The lowest BCUT2D eigenvalue weighted by Crippen LogP contribution is -2.17. The molecule has 0 spiro atoms. The summed E-state index contributed by atoms with van der Waals surface area (Å²) in [5, 5.41) is 8.30. The Labute approximate surface area is 128 Å². The molecule has 2 N–H and O–H groups in total. The molecular weight excluding hydrogens is 301 g/mol. The molecular formula is C13H19Cl2N3S. The van der Waals surface area contributed by atoms with E-state index in [0.717, 1.165) is 11.1 Å². The molecule has 1 aliphatic rings. The fourth-order valence-corrected chi connectivity index (χ4v) is 4.04. The summed E-state index contributed by atoms with van der Waals surface area (Å²) in [6, 6.07) is 2.19. The number of nitrogens with one attached hydrogen (secondary N) is 2. The molecule has 0 bridgehead atoms. The lowest BCUT2D eigenvalue weighted by Gasteiger charge is -2.16. The van der Waals surface area contributed by atoms with Crippen molar-refractivity contribution in [2.45, 2.75) is 37.5 Å². The molecule has 0 aliphatic heterocycles. The smallest absolute Gasteiger partial charge is 0.147 e. The number of hydrogen-bond donors (Lipinski definition) is 2. The van der Waals surface area contributed by atoms with Gasteiger partial charge in [0.2, 0.25) is 0 Å². The average molecular weight is 320 g/mol. The normalized spacial score (nSPS) is 22.5. The Balaban J connectivity index is 2.03. The van der Waals surface area contributed by atoms with Gasteiger partial charge < -0.3 is 10.6 Å². The first-order chi connectivity index (χ1) is 9.13. The van der Waals surface area contributed by atoms with Crippen molar-refractivity contribution in [3.63, 3.8) is 0 Å². The monoisotopic (exact) mass is 319 g/mol. The highest BCUT2D eigenvalue weighted by Crippen LogP contribution is 2.34. The summed E-state index contributed by atoms with van der Waals surface area (Å²) >= 11 is 14.3. The molecule has 2 atom stereocenters. The molecule has 6 heteroatoms. The van der Waals surface area contributed by atoms with Crippen molar-refractivity contribution in [1.29, 1.82) is 0 Å². The second kappa shape index (κ2) is 6.91. The largest absolute Gasteiger partial charge is 0.372 e. The van der Waals surface area contributed by atoms with Gasteiger partial charge in [0.05, 0.1) is 10.0 Å². The number of rotatable bonds is 5. The lowest BCUT2D eigenvalue weighted by molar-refractivity contribution is 0.752. The molecule has 1 heterocycles. The van der Waals surface area contributed by atoms with Gasteiger partial charge in [-0.25, -0.2) is 4.98 Å². The quantitative estimate of drug-likeness (QED) is 0.836. The molecule has 3 nitrogen and oxygen atoms in total. The van der Waals surface area contributed by atoms with E-state index in [9.17, 15) is 0 Å². The minimum absolute atomic E-state index is 0.458. The van der Waals surface area contributed by atoms with Crippen LogP contribution in [0.4, 0.5) is 11.6 Å². The number of nitrogens with zero attached hydrogens (tertiary/aromatic N) is 1. The standard InChI is InChI=1S/C13H19Cl2N3S/c1-3-19-9-5-4-8(6-9)17-13-11(15)7-10(14)12(16-2)18-13/h7-9H,3-6H2,1-2H3,(H2,16,17,18). The van der Waals surface area contributed by atoms with E-state index in [1.807, 2.05) is 11.8 Å². The Bertz CT molecular complexity index is 442. The third kappa shape index (κ3) is 3.83. The Morgan fingerprint density at radius 2 is 2.05 bits per heavy atom. The van der Waals surface area contributed by atoms with Crippen LogP contribution in [0.1, 0.15) is 26.2 Å². The van der Waals surface area contributed by atoms with Crippen molar-refractivity contribution in [2.75, 3.05) is 23.4 Å². The minimum atomic E-state index is 0.458. The van der Waals surface area contributed by atoms with E-state index in [1.165, 1.54) is 25.0 Å². The third-order valence-corrected chi connectivity index (χ3v) is 5.10. The van der Waals surface area contributed by atoms with Crippen LogP contribution in [0.15, 0.2) is 6.07 Å². The number of aromatic nitrogens is 1. The molecule has 1 fully saturated rings. The second-order valence-corrected chi connectivity index (χ2v) is 7.02. The summed E-state index contributed by atoms with van der Waals surface area (Å²) in [7, 11) is 1.80. The predicted octanol–water partition coefficient (Wildman–Crippen LogP) is 4.52. The van der Waals surface area contributed by atoms with Gasteiger partial charge in [-0.05, 0) is 31.1 Å². The fraction of sp³-hybridized carbons (Fsp3) is 0.615. The van der Waals surface area contributed by atoms with Gasteiger partial charge >= 0.3 is 0 Å². The first-order valence-electron chi connectivity index (χ1n) is 6.56. The van der Waals surface area contributed by atoms with Gasteiger partial charge in [-0.2, -0.15) is 11.8 Å². The van der Waals surface area contributed by atoms with Gasteiger partial charge in [0, 0.05) is 18.3 Å². The minimum Gasteiger partial charge on any atom is -0.372 e. The summed E-state index contributed by atoms with van der Waals surface area (Å²) in [6.07, 6.45) is 3.61. The number of pyridine rings is 1. The second-order valence-electron chi connectivity index (χ2n) is 4.63. The van der Waals surface area contributed by atoms with Crippen molar-refractivity contribution in [1.82, 2.24) is 4.98 Å². The van der Waals surface area contributed by atoms with Gasteiger partial charge in [-0.1, -0.05) is 30.1 Å². The molecule has 106 valence electrons. The predicted molar refractivity (Wildman–Crippen MR) is 87.0 cm³/mol. The van der Waals surface area contributed by atoms with Crippen molar-refractivity contribution >= 4 is 46.6 Å². The maximum atomic E-state index is 6.19. The van der Waals surface area contributed by atoms with Crippen molar-refractivity contribution in [3.05, 3.63) is 16.1 Å². The van der Waals surface area contributed by atoms with E-state index in [-0.39, 0.29) is 0 Å². The number of hydrogen-bond acceptors (Lipinski definition) is 4. The van der Waals surface area contributed by atoms with Gasteiger partial charge in [0.1, 0.15) is 11.6 Å². The first-order valence-corrected chi connectivity index (χ1v) is 8.36. The van der Waals surface area contributed by atoms with Crippen LogP contribution >= 0.6 is 35.0 Å². The third-order valence-electron chi connectivity index (χ3n) is 3.29. The summed E-state index contributed by atoms with van der Waals surface area (Å²) in [6.45, 7) is 2.21. The van der Waals surface area contributed by atoms with Crippen LogP contribution in [0.2, 0.25) is 10.0 Å². The molecule has 2 rings (SSSR count). The van der Waals surface area contributed by atoms with Crippen LogP contribution in [0.25, 0.3) is 0 Å². The highest BCUT2D eigenvalue weighted by Gasteiger charge is 2.25. The number of halogens is 2. The lowest BCUT2D eigenvalue weighted by atomic mass is 10.2. The van der Waals surface area contributed by atoms with Gasteiger partial charge in [-0.3, -0.25) is 0 Å². The summed E-state index contributed by atoms with van der Waals surface area (Å²) in [5.41, 5.74) is 0. The van der Waals surface area contributed by atoms with Gasteiger partial charge in [-0.15, -0.1) is 0 Å². The van der Waals surface area contributed by atoms with Gasteiger partial charge in [0.25, 0.3) is 0 Å². The van der Waals surface area contributed by atoms with E-state index in [2.05, 4.69) is 22.5 Å². The summed E-state index contributed by atoms with van der Waals surface area (Å²) in [5.74, 6) is 2.56. The molecule has 0 radical (unpaired) electrons. The Morgan fingerprint density at radius 3 is 2.74 bits per heavy atom. The molecule has 0 saturated heterocycles. The Hall–Kier alpha value is -0.320. The zero-order valence-corrected chi connectivity index (χ0v) is 13.5. The molecule has 0 amide bonds. The van der Waals surface area contributed by atoms with Crippen LogP contribution in [0.3, 0.4) is 0 Å². The van der Waals surface area contributed by atoms with E-state index < -0.39 is 0 Å².